The topological polar surface area (TPSA) is 21.3 Å². The lowest BCUT2D eigenvalue weighted by atomic mass is 9.59. The smallest absolute Gasteiger partial charge is 0.0824 e. The normalized spacial score (nSPS) is 34.7. The van der Waals surface area contributed by atoms with E-state index in [0.29, 0.717) is 10.8 Å². The summed E-state index contributed by atoms with van der Waals surface area (Å²) in [6.45, 7) is 11.8. The maximum Gasteiger partial charge on any atom is 0.0824 e. The van der Waals surface area contributed by atoms with E-state index in [1.165, 1.54) is 44.9 Å². The Kier molecular flexibility index (Phi) is 3.07. The SMILES string of the molecule is CC1(C)CC(C)(C)CC2(CNCC3(CCCC3)O2)C1. The summed E-state index contributed by atoms with van der Waals surface area (Å²) < 4.78 is 6.87. The van der Waals surface area contributed by atoms with E-state index < -0.39 is 0 Å². The summed E-state index contributed by atoms with van der Waals surface area (Å²) in [6, 6.07) is 0. The van der Waals surface area contributed by atoms with Crippen molar-refractivity contribution >= 4 is 0 Å². The van der Waals surface area contributed by atoms with Crippen molar-refractivity contribution in [3.05, 3.63) is 0 Å². The summed E-state index contributed by atoms with van der Waals surface area (Å²) in [4.78, 5) is 0. The predicted octanol–water partition coefficient (Wildman–Crippen LogP) is 3.89. The summed E-state index contributed by atoms with van der Waals surface area (Å²) >= 11 is 0. The third-order valence-electron chi connectivity index (χ3n) is 5.40. The van der Waals surface area contributed by atoms with Crippen molar-refractivity contribution in [1.82, 2.24) is 5.32 Å². The van der Waals surface area contributed by atoms with E-state index >= 15 is 0 Å². The summed E-state index contributed by atoms with van der Waals surface area (Å²) in [6.07, 6.45) is 8.99. The van der Waals surface area contributed by atoms with E-state index in [9.17, 15) is 0 Å². The van der Waals surface area contributed by atoms with Gasteiger partial charge in [0.2, 0.25) is 0 Å². The van der Waals surface area contributed by atoms with Crippen LogP contribution < -0.4 is 5.32 Å². The average Bonchev–Trinajstić information content (AvgIpc) is 2.59. The first-order valence-electron chi connectivity index (χ1n) is 8.15. The quantitative estimate of drug-likeness (QED) is 0.717. The third kappa shape index (κ3) is 2.71. The largest absolute Gasteiger partial charge is 0.366 e. The van der Waals surface area contributed by atoms with Crippen LogP contribution in [-0.2, 0) is 4.74 Å². The Hall–Kier alpha value is -0.0800. The summed E-state index contributed by atoms with van der Waals surface area (Å²) in [7, 11) is 0. The summed E-state index contributed by atoms with van der Waals surface area (Å²) in [5.41, 5.74) is 1.07. The Morgan fingerprint density at radius 1 is 0.737 bits per heavy atom. The molecule has 2 spiro atoms. The maximum atomic E-state index is 6.87. The van der Waals surface area contributed by atoms with Gasteiger partial charge in [0.25, 0.3) is 0 Å². The van der Waals surface area contributed by atoms with Crippen molar-refractivity contribution < 1.29 is 4.74 Å². The number of nitrogens with one attached hydrogen (secondary N) is 1. The molecule has 0 aromatic heterocycles. The fraction of sp³-hybridized carbons (Fsp3) is 1.00. The van der Waals surface area contributed by atoms with Gasteiger partial charge in [0.15, 0.2) is 0 Å². The molecule has 0 aromatic carbocycles. The van der Waals surface area contributed by atoms with Crippen molar-refractivity contribution in [2.45, 2.75) is 83.8 Å². The van der Waals surface area contributed by atoms with Crippen LogP contribution in [0.25, 0.3) is 0 Å². The molecule has 1 aliphatic heterocycles. The molecule has 1 N–H and O–H groups in total. The van der Waals surface area contributed by atoms with Crippen LogP contribution >= 0.6 is 0 Å². The van der Waals surface area contributed by atoms with E-state index in [-0.39, 0.29) is 11.2 Å². The standard InChI is InChI=1S/C17H31NO/c1-14(2)9-15(3,4)11-17(10-14)13-18-12-16(19-17)7-5-6-8-16/h18H,5-13H2,1-4H3. The third-order valence-corrected chi connectivity index (χ3v) is 5.40. The van der Waals surface area contributed by atoms with Gasteiger partial charge in [-0.05, 0) is 42.9 Å². The second-order valence-corrected chi connectivity index (χ2v) is 9.14. The monoisotopic (exact) mass is 265 g/mol. The van der Waals surface area contributed by atoms with Gasteiger partial charge >= 0.3 is 0 Å². The predicted molar refractivity (Wildman–Crippen MR) is 79.3 cm³/mol. The second kappa shape index (κ2) is 4.21. The highest BCUT2D eigenvalue weighted by molar-refractivity contribution is 5.06. The first kappa shape index (κ1) is 13.9. The molecule has 2 aliphatic carbocycles. The van der Waals surface area contributed by atoms with E-state index in [2.05, 4.69) is 33.0 Å². The molecule has 2 heteroatoms. The van der Waals surface area contributed by atoms with Crippen LogP contribution in [-0.4, -0.2) is 24.3 Å². The number of rotatable bonds is 0. The van der Waals surface area contributed by atoms with Crippen LogP contribution in [0.5, 0.6) is 0 Å². The number of ether oxygens (including phenoxy) is 1. The lowest BCUT2D eigenvalue weighted by Gasteiger charge is -2.57. The van der Waals surface area contributed by atoms with Crippen molar-refractivity contribution in [3.8, 4) is 0 Å². The van der Waals surface area contributed by atoms with Crippen LogP contribution in [0.2, 0.25) is 0 Å². The van der Waals surface area contributed by atoms with E-state index in [1.54, 1.807) is 0 Å². The zero-order valence-corrected chi connectivity index (χ0v) is 13.3. The van der Waals surface area contributed by atoms with Crippen molar-refractivity contribution in [3.63, 3.8) is 0 Å². The Morgan fingerprint density at radius 2 is 1.26 bits per heavy atom. The molecule has 110 valence electrons. The Labute approximate surface area is 118 Å². The van der Waals surface area contributed by atoms with Gasteiger partial charge in [-0.1, -0.05) is 40.5 Å². The fourth-order valence-corrected chi connectivity index (χ4v) is 5.77. The summed E-state index contributed by atoms with van der Waals surface area (Å²) in [5.74, 6) is 0. The molecule has 19 heavy (non-hydrogen) atoms. The molecule has 0 atom stereocenters. The van der Waals surface area contributed by atoms with Gasteiger partial charge in [0, 0.05) is 13.1 Å². The first-order valence-corrected chi connectivity index (χ1v) is 8.15. The molecule has 2 nitrogen and oxygen atoms in total. The number of morpholine rings is 1. The highest BCUT2D eigenvalue weighted by Gasteiger charge is 2.54. The molecule has 0 bridgehead atoms. The van der Waals surface area contributed by atoms with Gasteiger partial charge in [-0.2, -0.15) is 0 Å². The van der Waals surface area contributed by atoms with Crippen LogP contribution in [0.4, 0.5) is 0 Å². The Balaban J connectivity index is 1.85. The van der Waals surface area contributed by atoms with Crippen molar-refractivity contribution in [2.24, 2.45) is 10.8 Å². The van der Waals surface area contributed by atoms with Crippen LogP contribution in [0.1, 0.15) is 72.6 Å². The average molecular weight is 265 g/mol. The molecule has 3 fully saturated rings. The molecule has 3 aliphatic rings. The molecule has 3 rings (SSSR count). The highest BCUT2D eigenvalue weighted by Crippen LogP contribution is 2.54. The Bertz CT molecular complexity index is 336. The summed E-state index contributed by atoms with van der Waals surface area (Å²) in [5, 5.41) is 3.73. The van der Waals surface area contributed by atoms with Gasteiger partial charge in [0.05, 0.1) is 11.2 Å². The molecular formula is C17H31NO. The van der Waals surface area contributed by atoms with Crippen molar-refractivity contribution in [1.29, 1.82) is 0 Å². The maximum absolute atomic E-state index is 6.87. The fourth-order valence-electron chi connectivity index (χ4n) is 5.77. The van der Waals surface area contributed by atoms with Crippen LogP contribution in [0, 0.1) is 10.8 Å². The molecule has 1 saturated heterocycles. The highest BCUT2D eigenvalue weighted by atomic mass is 16.5. The van der Waals surface area contributed by atoms with Crippen molar-refractivity contribution in [2.75, 3.05) is 13.1 Å². The van der Waals surface area contributed by atoms with Crippen LogP contribution in [0.15, 0.2) is 0 Å². The molecular weight excluding hydrogens is 234 g/mol. The van der Waals surface area contributed by atoms with Gasteiger partial charge in [-0.25, -0.2) is 0 Å². The minimum absolute atomic E-state index is 0.0911. The van der Waals surface area contributed by atoms with Gasteiger partial charge in [-0.3, -0.25) is 0 Å². The number of hydrogen-bond donors (Lipinski definition) is 1. The van der Waals surface area contributed by atoms with Gasteiger partial charge < -0.3 is 10.1 Å². The molecule has 0 amide bonds. The van der Waals surface area contributed by atoms with Crippen LogP contribution in [0.3, 0.4) is 0 Å². The minimum Gasteiger partial charge on any atom is -0.366 e. The first-order chi connectivity index (χ1) is 8.74. The molecule has 0 radical (unpaired) electrons. The minimum atomic E-state index is 0.0911. The van der Waals surface area contributed by atoms with E-state index in [1.807, 2.05) is 0 Å². The zero-order chi connectivity index (χ0) is 13.8. The zero-order valence-electron chi connectivity index (χ0n) is 13.3. The molecule has 0 aromatic rings. The number of hydrogen-bond acceptors (Lipinski definition) is 2. The van der Waals surface area contributed by atoms with E-state index in [0.717, 1.165) is 13.1 Å². The lowest BCUT2D eigenvalue weighted by Crippen LogP contribution is -2.63. The van der Waals surface area contributed by atoms with Gasteiger partial charge in [0.1, 0.15) is 0 Å². The molecule has 0 unspecified atom stereocenters. The second-order valence-electron chi connectivity index (χ2n) is 9.14. The lowest BCUT2D eigenvalue weighted by molar-refractivity contribution is -0.218. The molecule has 1 heterocycles. The Morgan fingerprint density at radius 3 is 1.84 bits per heavy atom. The van der Waals surface area contributed by atoms with E-state index in [4.69, 9.17) is 4.74 Å². The van der Waals surface area contributed by atoms with Gasteiger partial charge in [-0.15, -0.1) is 0 Å². The molecule has 2 saturated carbocycles.